The lowest BCUT2D eigenvalue weighted by molar-refractivity contribution is 0.0739. The van der Waals surface area contributed by atoms with Crippen molar-refractivity contribution in [3.63, 3.8) is 0 Å². The molecule has 0 aliphatic carbocycles. The zero-order valence-corrected chi connectivity index (χ0v) is 16.0. The van der Waals surface area contributed by atoms with Gasteiger partial charge in [0.1, 0.15) is 0 Å². The highest BCUT2D eigenvalue weighted by Gasteiger charge is 2.23. The Morgan fingerprint density at radius 2 is 1.57 bits per heavy atom. The molecule has 1 saturated heterocycles. The summed E-state index contributed by atoms with van der Waals surface area (Å²) in [5.74, 6) is 0.447. The van der Waals surface area contributed by atoms with Gasteiger partial charge in [-0.05, 0) is 36.4 Å². The first-order valence-electron chi connectivity index (χ1n) is 9.15. The average Bonchev–Trinajstić information content (AvgIpc) is 2.76. The minimum atomic E-state index is -0.0931. The van der Waals surface area contributed by atoms with Crippen LogP contribution in [0.15, 0.2) is 66.7 Å². The van der Waals surface area contributed by atoms with Crippen LogP contribution < -0.4 is 10.2 Å². The molecule has 0 atom stereocenters. The third-order valence-electron chi connectivity index (χ3n) is 4.71. The number of rotatable bonds is 4. The number of nitrogens with one attached hydrogen (secondary N) is 1. The fourth-order valence-electron chi connectivity index (χ4n) is 3.18. The Balaban J connectivity index is 1.37. The highest BCUT2D eigenvalue weighted by molar-refractivity contribution is 6.33. The van der Waals surface area contributed by atoms with Gasteiger partial charge in [0.2, 0.25) is 0 Å². The number of carbonyl (C=O) groups is 1. The third kappa shape index (κ3) is 4.07. The van der Waals surface area contributed by atoms with Gasteiger partial charge >= 0.3 is 0 Å². The van der Waals surface area contributed by atoms with E-state index < -0.39 is 0 Å². The quantitative estimate of drug-likeness (QED) is 0.729. The van der Waals surface area contributed by atoms with Crippen LogP contribution in [-0.4, -0.2) is 47.2 Å². The summed E-state index contributed by atoms with van der Waals surface area (Å²) >= 11 is 6.14. The van der Waals surface area contributed by atoms with Crippen LogP contribution in [0.2, 0.25) is 5.02 Å². The molecule has 0 radical (unpaired) electrons. The van der Waals surface area contributed by atoms with Crippen LogP contribution in [0.4, 0.5) is 17.2 Å². The third-order valence-corrected chi connectivity index (χ3v) is 5.04. The maximum absolute atomic E-state index is 12.7. The van der Waals surface area contributed by atoms with E-state index in [0.717, 1.165) is 18.8 Å². The Kier molecular flexibility index (Phi) is 5.39. The summed E-state index contributed by atoms with van der Waals surface area (Å²) in [6.07, 6.45) is 0. The normalized spacial score (nSPS) is 14.0. The Morgan fingerprint density at radius 3 is 2.25 bits per heavy atom. The number of anilines is 3. The predicted molar refractivity (Wildman–Crippen MR) is 111 cm³/mol. The van der Waals surface area contributed by atoms with Crippen LogP contribution in [0.3, 0.4) is 0 Å². The molecule has 1 N–H and O–H groups in total. The molecule has 4 rings (SSSR count). The van der Waals surface area contributed by atoms with Gasteiger partial charge in [-0.3, -0.25) is 4.79 Å². The Morgan fingerprint density at radius 1 is 0.857 bits per heavy atom. The van der Waals surface area contributed by atoms with Gasteiger partial charge in [0.25, 0.3) is 5.91 Å². The van der Waals surface area contributed by atoms with Crippen molar-refractivity contribution in [1.82, 2.24) is 15.1 Å². The van der Waals surface area contributed by atoms with Crippen LogP contribution in [0, 0.1) is 0 Å². The number of para-hydroxylation sites is 2. The van der Waals surface area contributed by atoms with Crippen molar-refractivity contribution in [2.75, 3.05) is 36.4 Å². The van der Waals surface area contributed by atoms with Crippen LogP contribution in [0.1, 0.15) is 10.5 Å². The Bertz CT molecular complexity index is 941. The van der Waals surface area contributed by atoms with Gasteiger partial charge in [-0.2, -0.15) is 0 Å². The number of amides is 1. The van der Waals surface area contributed by atoms with E-state index >= 15 is 0 Å². The molecule has 0 spiro atoms. The number of hydrogen-bond donors (Lipinski definition) is 1. The van der Waals surface area contributed by atoms with Gasteiger partial charge in [0.15, 0.2) is 11.5 Å². The lowest BCUT2D eigenvalue weighted by Gasteiger charge is -2.35. The van der Waals surface area contributed by atoms with Crippen molar-refractivity contribution in [2.45, 2.75) is 0 Å². The first-order valence-corrected chi connectivity index (χ1v) is 9.53. The first-order chi connectivity index (χ1) is 13.7. The van der Waals surface area contributed by atoms with Crippen molar-refractivity contribution >= 4 is 34.7 Å². The van der Waals surface area contributed by atoms with E-state index in [1.165, 1.54) is 5.69 Å². The average molecular weight is 394 g/mol. The molecule has 1 aliphatic rings. The van der Waals surface area contributed by atoms with E-state index in [2.05, 4.69) is 32.5 Å². The van der Waals surface area contributed by atoms with Gasteiger partial charge in [0.05, 0.1) is 10.7 Å². The molecule has 142 valence electrons. The minimum absolute atomic E-state index is 0.0931. The van der Waals surface area contributed by atoms with E-state index in [0.29, 0.717) is 29.6 Å². The zero-order valence-electron chi connectivity index (χ0n) is 15.3. The maximum Gasteiger partial charge on any atom is 0.274 e. The molecule has 0 bridgehead atoms. The first kappa shape index (κ1) is 18.3. The molecule has 3 aromatic rings. The number of carbonyl (C=O) groups excluding carboxylic acids is 1. The van der Waals surface area contributed by atoms with E-state index in [1.54, 1.807) is 18.2 Å². The van der Waals surface area contributed by atoms with Gasteiger partial charge in [-0.15, -0.1) is 10.2 Å². The molecule has 2 heterocycles. The number of hydrogen-bond acceptors (Lipinski definition) is 5. The second-order valence-corrected chi connectivity index (χ2v) is 6.93. The highest BCUT2D eigenvalue weighted by atomic mass is 35.5. The highest BCUT2D eigenvalue weighted by Crippen LogP contribution is 2.23. The molecule has 28 heavy (non-hydrogen) atoms. The van der Waals surface area contributed by atoms with Gasteiger partial charge in [-0.1, -0.05) is 41.9 Å². The summed E-state index contributed by atoms with van der Waals surface area (Å²) in [6.45, 7) is 2.93. The van der Waals surface area contributed by atoms with Gasteiger partial charge in [0, 0.05) is 31.9 Å². The second-order valence-electron chi connectivity index (χ2n) is 6.52. The lowest BCUT2D eigenvalue weighted by Crippen LogP contribution is -2.49. The molecule has 1 aliphatic heterocycles. The standard InChI is InChI=1S/C21H20ClN5O/c22-17-8-4-5-9-18(17)23-20-11-10-19(24-25-20)21(28)27-14-12-26(13-15-27)16-6-2-1-3-7-16/h1-11H,12-15H2,(H,23,25). The van der Waals surface area contributed by atoms with Gasteiger partial charge in [-0.25, -0.2) is 0 Å². The van der Waals surface area contributed by atoms with Crippen LogP contribution >= 0.6 is 11.6 Å². The summed E-state index contributed by atoms with van der Waals surface area (Å²) in [5.41, 5.74) is 2.27. The number of piperazine rings is 1. The van der Waals surface area contributed by atoms with E-state index in [-0.39, 0.29) is 5.91 Å². The van der Waals surface area contributed by atoms with Crippen molar-refractivity contribution < 1.29 is 4.79 Å². The lowest BCUT2D eigenvalue weighted by atomic mass is 10.2. The Labute approximate surface area is 168 Å². The largest absolute Gasteiger partial charge is 0.368 e. The maximum atomic E-state index is 12.7. The summed E-state index contributed by atoms with van der Waals surface area (Å²) in [5, 5.41) is 11.9. The SMILES string of the molecule is O=C(c1ccc(Nc2ccccc2Cl)nn1)N1CCN(c2ccccc2)CC1. The van der Waals surface area contributed by atoms with Crippen molar-refractivity contribution in [3.8, 4) is 0 Å². The van der Waals surface area contributed by atoms with Crippen molar-refractivity contribution in [3.05, 3.63) is 77.4 Å². The molecule has 7 heteroatoms. The topological polar surface area (TPSA) is 61.4 Å². The summed E-state index contributed by atoms with van der Waals surface area (Å²) < 4.78 is 0. The molecule has 1 aromatic heterocycles. The zero-order chi connectivity index (χ0) is 19.3. The molecular formula is C21H20ClN5O. The number of aromatic nitrogens is 2. The number of nitrogens with zero attached hydrogens (tertiary/aromatic N) is 4. The molecule has 1 fully saturated rings. The van der Waals surface area contributed by atoms with Crippen LogP contribution in [-0.2, 0) is 0 Å². The molecule has 2 aromatic carbocycles. The van der Waals surface area contributed by atoms with Gasteiger partial charge < -0.3 is 15.1 Å². The summed E-state index contributed by atoms with van der Waals surface area (Å²) in [4.78, 5) is 16.8. The van der Waals surface area contributed by atoms with Crippen LogP contribution in [0.25, 0.3) is 0 Å². The molecule has 0 saturated carbocycles. The molecule has 0 unspecified atom stereocenters. The minimum Gasteiger partial charge on any atom is -0.368 e. The second kappa shape index (κ2) is 8.27. The van der Waals surface area contributed by atoms with Crippen molar-refractivity contribution in [1.29, 1.82) is 0 Å². The van der Waals surface area contributed by atoms with E-state index in [9.17, 15) is 4.79 Å². The fourth-order valence-corrected chi connectivity index (χ4v) is 3.37. The molecular weight excluding hydrogens is 374 g/mol. The number of halogens is 1. The Hall–Kier alpha value is -3.12. The fraction of sp³-hybridized carbons (Fsp3) is 0.190. The predicted octanol–water partition coefficient (Wildman–Crippen LogP) is 3.84. The van der Waals surface area contributed by atoms with Crippen LogP contribution in [0.5, 0.6) is 0 Å². The monoisotopic (exact) mass is 393 g/mol. The smallest absolute Gasteiger partial charge is 0.274 e. The molecule has 6 nitrogen and oxygen atoms in total. The summed E-state index contributed by atoms with van der Waals surface area (Å²) in [6, 6.07) is 21.1. The summed E-state index contributed by atoms with van der Waals surface area (Å²) in [7, 11) is 0. The van der Waals surface area contributed by atoms with E-state index in [4.69, 9.17) is 11.6 Å². The molecule has 1 amide bonds. The van der Waals surface area contributed by atoms with Crippen molar-refractivity contribution in [2.24, 2.45) is 0 Å². The van der Waals surface area contributed by atoms with E-state index in [1.807, 2.05) is 41.3 Å². The number of benzene rings is 2.